The SMILES string of the molecule is CCCn1ncnc1CNCC1(C)CCCCC1. The average Bonchev–Trinajstić information content (AvgIpc) is 2.78. The summed E-state index contributed by atoms with van der Waals surface area (Å²) in [6.07, 6.45) is 9.70. The zero-order valence-electron chi connectivity index (χ0n) is 11.8. The predicted octanol–water partition coefficient (Wildman–Crippen LogP) is 2.75. The summed E-state index contributed by atoms with van der Waals surface area (Å²) in [5.74, 6) is 1.07. The molecule has 18 heavy (non-hydrogen) atoms. The lowest BCUT2D eigenvalue weighted by atomic mass is 9.76. The Kier molecular flexibility index (Phi) is 4.75. The van der Waals surface area contributed by atoms with E-state index < -0.39 is 0 Å². The second-order valence-corrected chi connectivity index (χ2v) is 5.87. The molecule has 1 N–H and O–H groups in total. The summed E-state index contributed by atoms with van der Waals surface area (Å²) in [5.41, 5.74) is 0.494. The Morgan fingerprint density at radius 1 is 1.33 bits per heavy atom. The van der Waals surface area contributed by atoms with Crippen LogP contribution >= 0.6 is 0 Å². The minimum atomic E-state index is 0.494. The molecule has 1 aliphatic rings. The van der Waals surface area contributed by atoms with E-state index in [1.54, 1.807) is 6.33 Å². The average molecular weight is 250 g/mol. The van der Waals surface area contributed by atoms with Crippen molar-refractivity contribution in [2.45, 2.75) is 65.5 Å². The Bertz CT molecular complexity index is 352. The quantitative estimate of drug-likeness (QED) is 0.844. The van der Waals surface area contributed by atoms with Crippen LogP contribution in [0, 0.1) is 5.41 Å². The molecule has 0 radical (unpaired) electrons. The van der Waals surface area contributed by atoms with Crippen molar-refractivity contribution >= 4 is 0 Å². The van der Waals surface area contributed by atoms with Gasteiger partial charge in [-0.2, -0.15) is 5.10 Å². The highest BCUT2D eigenvalue weighted by atomic mass is 15.3. The number of nitrogens with one attached hydrogen (secondary N) is 1. The van der Waals surface area contributed by atoms with Crippen LogP contribution in [0.5, 0.6) is 0 Å². The van der Waals surface area contributed by atoms with E-state index in [1.165, 1.54) is 32.1 Å². The van der Waals surface area contributed by atoms with E-state index in [0.717, 1.165) is 31.9 Å². The van der Waals surface area contributed by atoms with Crippen molar-refractivity contribution < 1.29 is 0 Å². The zero-order chi connectivity index (χ0) is 12.8. The summed E-state index contributed by atoms with van der Waals surface area (Å²) >= 11 is 0. The number of rotatable bonds is 6. The molecule has 0 unspecified atom stereocenters. The Morgan fingerprint density at radius 3 is 2.83 bits per heavy atom. The Labute approximate surface area is 110 Å². The molecule has 0 atom stereocenters. The number of nitrogens with zero attached hydrogens (tertiary/aromatic N) is 3. The zero-order valence-corrected chi connectivity index (χ0v) is 11.8. The van der Waals surface area contributed by atoms with E-state index >= 15 is 0 Å². The molecule has 0 aromatic carbocycles. The van der Waals surface area contributed by atoms with Crippen LogP contribution in [0.1, 0.15) is 58.2 Å². The van der Waals surface area contributed by atoms with E-state index in [4.69, 9.17) is 0 Å². The van der Waals surface area contributed by atoms with Gasteiger partial charge in [-0.3, -0.25) is 0 Å². The van der Waals surface area contributed by atoms with Gasteiger partial charge in [0.1, 0.15) is 12.2 Å². The maximum absolute atomic E-state index is 4.33. The van der Waals surface area contributed by atoms with Gasteiger partial charge in [-0.1, -0.05) is 33.1 Å². The topological polar surface area (TPSA) is 42.7 Å². The summed E-state index contributed by atoms with van der Waals surface area (Å²) in [5, 5.41) is 7.83. The van der Waals surface area contributed by atoms with Crippen molar-refractivity contribution in [3.05, 3.63) is 12.2 Å². The lowest BCUT2D eigenvalue weighted by Crippen LogP contribution is -2.33. The largest absolute Gasteiger partial charge is 0.309 e. The van der Waals surface area contributed by atoms with Gasteiger partial charge in [-0.15, -0.1) is 0 Å². The fourth-order valence-corrected chi connectivity index (χ4v) is 2.88. The van der Waals surface area contributed by atoms with Crippen molar-refractivity contribution in [2.24, 2.45) is 5.41 Å². The molecule has 0 bridgehead atoms. The van der Waals surface area contributed by atoms with Gasteiger partial charge in [0.25, 0.3) is 0 Å². The van der Waals surface area contributed by atoms with Gasteiger partial charge in [0.2, 0.25) is 0 Å². The second-order valence-electron chi connectivity index (χ2n) is 5.87. The van der Waals surface area contributed by atoms with E-state index in [2.05, 4.69) is 29.2 Å². The third-order valence-electron chi connectivity index (χ3n) is 4.03. The summed E-state index contributed by atoms with van der Waals surface area (Å²) in [4.78, 5) is 4.33. The van der Waals surface area contributed by atoms with Gasteiger partial charge in [0.05, 0.1) is 6.54 Å². The van der Waals surface area contributed by atoms with Crippen molar-refractivity contribution in [3.63, 3.8) is 0 Å². The first-order valence-corrected chi connectivity index (χ1v) is 7.31. The lowest BCUT2D eigenvalue weighted by Gasteiger charge is -2.33. The fraction of sp³-hybridized carbons (Fsp3) is 0.857. The van der Waals surface area contributed by atoms with Crippen LogP contribution in [0.2, 0.25) is 0 Å². The molecule has 4 nitrogen and oxygen atoms in total. The summed E-state index contributed by atoms with van der Waals surface area (Å²) < 4.78 is 2.01. The first-order valence-electron chi connectivity index (χ1n) is 7.31. The number of hydrogen-bond acceptors (Lipinski definition) is 3. The number of aryl methyl sites for hydroxylation is 1. The lowest BCUT2D eigenvalue weighted by molar-refractivity contribution is 0.206. The summed E-state index contributed by atoms with van der Waals surface area (Å²) in [6.45, 7) is 7.49. The van der Waals surface area contributed by atoms with Crippen LogP contribution in [0.3, 0.4) is 0 Å². The Morgan fingerprint density at radius 2 is 2.11 bits per heavy atom. The first-order chi connectivity index (χ1) is 8.73. The van der Waals surface area contributed by atoms with Crippen LogP contribution in [0.4, 0.5) is 0 Å². The smallest absolute Gasteiger partial charge is 0.140 e. The minimum absolute atomic E-state index is 0.494. The third-order valence-corrected chi connectivity index (χ3v) is 4.03. The molecule has 1 fully saturated rings. The predicted molar refractivity (Wildman–Crippen MR) is 73.2 cm³/mol. The van der Waals surface area contributed by atoms with Crippen molar-refractivity contribution in [2.75, 3.05) is 6.54 Å². The molecule has 1 saturated carbocycles. The van der Waals surface area contributed by atoms with Crippen molar-refractivity contribution in [1.29, 1.82) is 0 Å². The maximum atomic E-state index is 4.33. The normalized spacial score (nSPS) is 19.0. The molecular weight excluding hydrogens is 224 g/mol. The standard InChI is InChI=1S/C14H26N4/c1-3-9-18-13(16-12-17-18)10-15-11-14(2)7-5-4-6-8-14/h12,15H,3-11H2,1-2H3. The van der Waals surface area contributed by atoms with Gasteiger partial charge in [-0.25, -0.2) is 9.67 Å². The first kappa shape index (κ1) is 13.5. The van der Waals surface area contributed by atoms with Crippen LogP contribution in [0.25, 0.3) is 0 Å². The van der Waals surface area contributed by atoms with Gasteiger partial charge < -0.3 is 5.32 Å². The Balaban J connectivity index is 1.78. The number of hydrogen-bond donors (Lipinski definition) is 1. The number of aromatic nitrogens is 3. The van der Waals surface area contributed by atoms with Gasteiger partial charge in [0.15, 0.2) is 0 Å². The van der Waals surface area contributed by atoms with Crippen LogP contribution in [-0.2, 0) is 13.1 Å². The molecule has 1 aromatic rings. The fourth-order valence-electron chi connectivity index (χ4n) is 2.88. The molecule has 1 heterocycles. The maximum Gasteiger partial charge on any atom is 0.140 e. The molecule has 0 saturated heterocycles. The van der Waals surface area contributed by atoms with Crippen LogP contribution in [-0.4, -0.2) is 21.3 Å². The monoisotopic (exact) mass is 250 g/mol. The minimum Gasteiger partial charge on any atom is -0.309 e. The highest BCUT2D eigenvalue weighted by molar-refractivity contribution is 4.86. The highest BCUT2D eigenvalue weighted by Gasteiger charge is 2.26. The van der Waals surface area contributed by atoms with Gasteiger partial charge in [0, 0.05) is 13.1 Å². The van der Waals surface area contributed by atoms with Gasteiger partial charge >= 0.3 is 0 Å². The highest BCUT2D eigenvalue weighted by Crippen LogP contribution is 2.34. The second kappa shape index (κ2) is 6.32. The van der Waals surface area contributed by atoms with Crippen molar-refractivity contribution in [1.82, 2.24) is 20.1 Å². The molecule has 4 heteroatoms. The molecule has 102 valence electrons. The van der Waals surface area contributed by atoms with E-state index in [-0.39, 0.29) is 0 Å². The third kappa shape index (κ3) is 3.55. The summed E-state index contributed by atoms with van der Waals surface area (Å²) in [6, 6.07) is 0. The summed E-state index contributed by atoms with van der Waals surface area (Å²) in [7, 11) is 0. The van der Waals surface area contributed by atoms with Crippen LogP contribution in [0.15, 0.2) is 6.33 Å². The molecule has 0 aliphatic heterocycles. The van der Waals surface area contributed by atoms with Gasteiger partial charge in [-0.05, 0) is 24.7 Å². The van der Waals surface area contributed by atoms with Crippen LogP contribution < -0.4 is 5.32 Å². The molecular formula is C14H26N4. The van der Waals surface area contributed by atoms with E-state index in [0.29, 0.717) is 5.41 Å². The molecule has 1 aliphatic carbocycles. The van der Waals surface area contributed by atoms with Crippen molar-refractivity contribution in [3.8, 4) is 0 Å². The van der Waals surface area contributed by atoms with E-state index in [9.17, 15) is 0 Å². The molecule has 2 rings (SSSR count). The molecule has 0 amide bonds. The van der Waals surface area contributed by atoms with E-state index in [1.807, 2.05) is 4.68 Å². The molecule has 0 spiro atoms. The molecule has 1 aromatic heterocycles. The Hall–Kier alpha value is -0.900.